The van der Waals surface area contributed by atoms with E-state index in [1.807, 2.05) is 0 Å². The first-order chi connectivity index (χ1) is 8.64. The molecular weight excluding hydrogens is 218 g/mol. The van der Waals surface area contributed by atoms with Crippen molar-refractivity contribution in [2.24, 2.45) is 41.4 Å². The smallest absolute Gasteiger partial charge is 0.0237 e. The van der Waals surface area contributed by atoms with Crippen molar-refractivity contribution in [3.63, 3.8) is 0 Å². The van der Waals surface area contributed by atoms with E-state index in [0.29, 0.717) is 5.54 Å². The predicted molar refractivity (Wildman–Crippen MR) is 75.3 cm³/mol. The van der Waals surface area contributed by atoms with E-state index >= 15 is 0 Å². The molecule has 0 aliphatic heterocycles. The minimum Gasteiger partial charge on any atom is -0.314 e. The molecule has 0 heterocycles. The number of hydrogen-bond donors (Lipinski definition) is 1. The maximum absolute atomic E-state index is 3.85. The summed E-state index contributed by atoms with van der Waals surface area (Å²) in [6, 6.07) is 0. The van der Waals surface area contributed by atoms with Crippen molar-refractivity contribution in [1.29, 1.82) is 0 Å². The van der Waals surface area contributed by atoms with Gasteiger partial charge in [0.15, 0.2) is 0 Å². The molecule has 4 aliphatic rings. The fraction of sp³-hybridized carbons (Fsp3) is 1.00. The van der Waals surface area contributed by atoms with Crippen molar-refractivity contribution in [3.8, 4) is 0 Å². The molecule has 1 nitrogen and oxygen atoms in total. The molecule has 1 heteroatoms. The van der Waals surface area contributed by atoms with E-state index in [4.69, 9.17) is 0 Å². The highest BCUT2D eigenvalue weighted by molar-refractivity contribution is 5.13. The number of hydrogen-bond acceptors (Lipinski definition) is 1. The molecule has 8 atom stereocenters. The Morgan fingerprint density at radius 2 is 1.67 bits per heavy atom. The molecule has 0 spiro atoms. The summed E-state index contributed by atoms with van der Waals surface area (Å²) < 4.78 is 0. The fourth-order valence-electron chi connectivity index (χ4n) is 7.05. The van der Waals surface area contributed by atoms with Gasteiger partial charge < -0.3 is 5.32 Å². The maximum Gasteiger partial charge on any atom is 0.0237 e. The number of rotatable bonds is 1. The highest BCUT2D eigenvalue weighted by atomic mass is 15.0. The van der Waals surface area contributed by atoms with Crippen LogP contribution in [0.5, 0.6) is 0 Å². The van der Waals surface area contributed by atoms with Gasteiger partial charge in [-0.3, -0.25) is 0 Å². The van der Waals surface area contributed by atoms with Gasteiger partial charge in [-0.05, 0) is 87.0 Å². The summed E-state index contributed by atoms with van der Waals surface area (Å²) >= 11 is 0. The quantitative estimate of drug-likeness (QED) is 0.745. The van der Waals surface area contributed by atoms with Gasteiger partial charge >= 0.3 is 0 Å². The lowest BCUT2D eigenvalue weighted by Crippen LogP contribution is -2.67. The van der Waals surface area contributed by atoms with E-state index in [0.717, 1.165) is 41.4 Å². The molecule has 0 radical (unpaired) electrons. The molecular formula is C17H29N. The van der Waals surface area contributed by atoms with Crippen molar-refractivity contribution in [1.82, 2.24) is 5.32 Å². The standard InChI is InChI=1S/C17H29N/c1-10-4-13-7-15-14(10)6-12-5-11(2)17(9-13,18-3)16(15)8-12/h10-16,18H,4-9H2,1-3H3. The molecule has 4 saturated carbocycles. The largest absolute Gasteiger partial charge is 0.314 e. The van der Waals surface area contributed by atoms with Crippen molar-refractivity contribution >= 4 is 0 Å². The van der Waals surface area contributed by atoms with Gasteiger partial charge in [0.05, 0.1) is 0 Å². The lowest BCUT2D eigenvalue weighted by Gasteiger charge is -2.65. The second-order valence-electron chi connectivity index (χ2n) is 8.22. The molecule has 4 rings (SSSR count). The summed E-state index contributed by atoms with van der Waals surface area (Å²) in [5.74, 6) is 7.17. The van der Waals surface area contributed by atoms with Crippen molar-refractivity contribution in [2.75, 3.05) is 7.05 Å². The van der Waals surface area contributed by atoms with Gasteiger partial charge in [0, 0.05) is 5.54 Å². The van der Waals surface area contributed by atoms with E-state index in [9.17, 15) is 0 Å². The van der Waals surface area contributed by atoms with Gasteiger partial charge in [-0.25, -0.2) is 0 Å². The van der Waals surface area contributed by atoms with Crippen LogP contribution in [0.15, 0.2) is 0 Å². The van der Waals surface area contributed by atoms with Crippen LogP contribution in [0.2, 0.25) is 0 Å². The Hall–Kier alpha value is -0.0400. The highest BCUT2D eigenvalue weighted by Gasteiger charge is 2.60. The minimum atomic E-state index is 0.517. The third-order valence-corrected chi connectivity index (χ3v) is 7.62. The molecule has 0 aromatic heterocycles. The van der Waals surface area contributed by atoms with Gasteiger partial charge in [-0.2, -0.15) is 0 Å². The zero-order valence-electron chi connectivity index (χ0n) is 12.3. The number of nitrogens with one attached hydrogen (secondary N) is 1. The van der Waals surface area contributed by atoms with Crippen LogP contribution in [0.1, 0.15) is 52.4 Å². The average Bonchev–Trinajstić information content (AvgIpc) is 2.36. The van der Waals surface area contributed by atoms with Gasteiger partial charge in [-0.1, -0.05) is 13.8 Å². The van der Waals surface area contributed by atoms with Gasteiger partial charge in [0.2, 0.25) is 0 Å². The van der Waals surface area contributed by atoms with E-state index in [1.165, 1.54) is 19.3 Å². The first-order valence-corrected chi connectivity index (χ1v) is 8.33. The summed E-state index contributed by atoms with van der Waals surface area (Å²) in [4.78, 5) is 0. The molecule has 0 saturated heterocycles. The van der Waals surface area contributed by atoms with Crippen LogP contribution in [-0.2, 0) is 0 Å². The van der Waals surface area contributed by atoms with E-state index in [-0.39, 0.29) is 0 Å². The Labute approximate surface area is 112 Å². The van der Waals surface area contributed by atoms with Crippen LogP contribution in [0, 0.1) is 41.4 Å². The third-order valence-electron chi connectivity index (χ3n) is 7.62. The molecule has 102 valence electrons. The second kappa shape index (κ2) is 3.75. The molecule has 4 fully saturated rings. The minimum absolute atomic E-state index is 0.517. The van der Waals surface area contributed by atoms with E-state index in [1.54, 1.807) is 19.3 Å². The summed E-state index contributed by atoms with van der Waals surface area (Å²) in [5.41, 5.74) is 0.517. The first kappa shape index (κ1) is 11.8. The molecule has 0 aromatic rings. The van der Waals surface area contributed by atoms with Gasteiger partial charge in [0.25, 0.3) is 0 Å². The van der Waals surface area contributed by atoms with E-state index in [2.05, 4.69) is 26.2 Å². The molecule has 0 amide bonds. The molecule has 4 bridgehead atoms. The first-order valence-electron chi connectivity index (χ1n) is 8.33. The zero-order valence-corrected chi connectivity index (χ0v) is 12.3. The van der Waals surface area contributed by atoms with Crippen LogP contribution in [-0.4, -0.2) is 12.6 Å². The van der Waals surface area contributed by atoms with Crippen molar-refractivity contribution in [3.05, 3.63) is 0 Å². The van der Waals surface area contributed by atoms with Crippen molar-refractivity contribution in [2.45, 2.75) is 57.9 Å². The fourth-order valence-corrected chi connectivity index (χ4v) is 7.05. The molecule has 4 aliphatic carbocycles. The Morgan fingerprint density at radius 1 is 0.889 bits per heavy atom. The van der Waals surface area contributed by atoms with Crippen LogP contribution >= 0.6 is 0 Å². The summed E-state index contributed by atoms with van der Waals surface area (Å²) in [7, 11) is 2.25. The normalized spacial score (nSPS) is 61.8. The summed E-state index contributed by atoms with van der Waals surface area (Å²) in [5, 5.41) is 3.85. The third kappa shape index (κ3) is 1.32. The van der Waals surface area contributed by atoms with Gasteiger partial charge in [-0.15, -0.1) is 0 Å². The lowest BCUT2D eigenvalue weighted by molar-refractivity contribution is -0.131. The van der Waals surface area contributed by atoms with Crippen LogP contribution in [0.3, 0.4) is 0 Å². The molecule has 1 N–H and O–H groups in total. The Kier molecular flexibility index (Phi) is 2.45. The lowest BCUT2D eigenvalue weighted by atomic mass is 9.42. The molecule has 8 unspecified atom stereocenters. The predicted octanol–water partition coefficient (Wildman–Crippen LogP) is 3.69. The Morgan fingerprint density at radius 3 is 2.44 bits per heavy atom. The summed E-state index contributed by atoms with van der Waals surface area (Å²) in [6.07, 6.45) is 9.19. The Bertz CT molecular complexity index is 352. The van der Waals surface area contributed by atoms with Crippen molar-refractivity contribution < 1.29 is 0 Å². The molecule has 18 heavy (non-hydrogen) atoms. The number of fused-ring (bicyclic) bond motifs is 2. The monoisotopic (exact) mass is 247 g/mol. The average molecular weight is 247 g/mol. The zero-order chi connectivity index (χ0) is 12.5. The van der Waals surface area contributed by atoms with Crippen LogP contribution in [0.4, 0.5) is 0 Å². The summed E-state index contributed by atoms with van der Waals surface area (Å²) in [6.45, 7) is 5.10. The second-order valence-corrected chi connectivity index (χ2v) is 8.22. The highest BCUT2D eigenvalue weighted by Crippen LogP contribution is 2.63. The van der Waals surface area contributed by atoms with Gasteiger partial charge in [0.1, 0.15) is 0 Å². The maximum atomic E-state index is 3.85. The topological polar surface area (TPSA) is 12.0 Å². The SMILES string of the molecule is CNC12CC3CC(C)C4CC(CC1C)CC2C4C3. The van der Waals surface area contributed by atoms with Crippen LogP contribution in [0.25, 0.3) is 0 Å². The van der Waals surface area contributed by atoms with Crippen LogP contribution < -0.4 is 5.32 Å². The Balaban J connectivity index is 1.78. The van der Waals surface area contributed by atoms with E-state index < -0.39 is 0 Å². The molecule has 0 aromatic carbocycles.